The normalized spacial score (nSPS) is 12.5. The van der Waals surface area contributed by atoms with Crippen molar-refractivity contribution in [3.63, 3.8) is 0 Å². The van der Waals surface area contributed by atoms with E-state index in [1.807, 2.05) is 6.92 Å². The van der Waals surface area contributed by atoms with Gasteiger partial charge in [0.25, 0.3) is 0 Å². The Morgan fingerprint density at radius 2 is 0.880 bits per heavy atom. The van der Waals surface area contributed by atoms with Gasteiger partial charge in [0.2, 0.25) is 0 Å². The summed E-state index contributed by atoms with van der Waals surface area (Å²) in [5, 5.41) is 0. The molecule has 10 nitrogen and oxygen atoms in total. The van der Waals surface area contributed by atoms with Crippen molar-refractivity contribution in [1.29, 1.82) is 0 Å². The van der Waals surface area contributed by atoms with Gasteiger partial charge in [0, 0.05) is 14.7 Å². The van der Waals surface area contributed by atoms with E-state index in [9.17, 15) is 18.0 Å². The first-order valence-electron chi connectivity index (χ1n) is 15.8. The average Bonchev–Trinajstić information content (AvgIpc) is 3.04. The van der Waals surface area contributed by atoms with Gasteiger partial charge in [-0.1, -0.05) is 17.7 Å². The van der Waals surface area contributed by atoms with E-state index in [1.165, 1.54) is 12.1 Å². The highest BCUT2D eigenvalue weighted by Crippen LogP contribution is 2.70. The summed E-state index contributed by atoms with van der Waals surface area (Å²) in [6.07, 6.45) is 0. The molecule has 12 heteroatoms. The standard InChI is InChI=1S/C38H44O10S2/c1-27-9-17-34(18-10-27)50(41,42)48-49(31-19-11-28(43-8)12-20-31,32-21-13-29(14-22-32)44-25-35(39)46-37(2,3)4)33-23-15-30(16-24-33)45-26-36(40)47-38(5,6)7/h9-24H,25-26H2,1-8H3. The summed E-state index contributed by atoms with van der Waals surface area (Å²) in [5.41, 5.74) is -0.438. The number of aryl methyl sites for hydroxylation is 1. The van der Waals surface area contributed by atoms with Gasteiger partial charge in [0.1, 0.15) is 28.5 Å². The third-order valence-electron chi connectivity index (χ3n) is 6.76. The molecule has 0 unspecified atom stereocenters. The Hall–Kier alpha value is -4.52. The molecule has 268 valence electrons. The van der Waals surface area contributed by atoms with Crippen LogP contribution in [0.5, 0.6) is 17.2 Å². The Balaban J connectivity index is 1.82. The van der Waals surface area contributed by atoms with Crippen molar-refractivity contribution in [3.8, 4) is 17.2 Å². The smallest absolute Gasteiger partial charge is 0.344 e. The number of ether oxygens (including phenoxy) is 5. The van der Waals surface area contributed by atoms with Gasteiger partial charge in [0.15, 0.2) is 13.2 Å². The van der Waals surface area contributed by atoms with Crippen LogP contribution < -0.4 is 14.2 Å². The summed E-state index contributed by atoms with van der Waals surface area (Å²) in [7, 11) is -5.89. The van der Waals surface area contributed by atoms with Gasteiger partial charge in [-0.25, -0.2) is 13.2 Å². The quantitative estimate of drug-likeness (QED) is 0.125. The number of rotatable bonds is 13. The first kappa shape index (κ1) is 38.3. The van der Waals surface area contributed by atoms with Crippen molar-refractivity contribution in [1.82, 2.24) is 0 Å². The van der Waals surface area contributed by atoms with Crippen LogP contribution >= 0.6 is 10.3 Å². The summed E-state index contributed by atoms with van der Waals surface area (Å²) in [5.74, 6) is 0.257. The molecule has 50 heavy (non-hydrogen) atoms. The number of methoxy groups -OCH3 is 1. The molecule has 0 radical (unpaired) electrons. The lowest BCUT2D eigenvalue weighted by Gasteiger charge is -2.39. The van der Waals surface area contributed by atoms with Crippen LogP contribution in [0.1, 0.15) is 47.1 Å². The lowest BCUT2D eigenvalue weighted by atomic mass is 10.2. The fraction of sp³-hybridized carbons (Fsp3) is 0.316. The summed E-state index contributed by atoms with van der Waals surface area (Å²) >= 11 is 0. The Morgan fingerprint density at radius 1 is 0.540 bits per heavy atom. The molecule has 0 fully saturated rings. The van der Waals surface area contributed by atoms with Gasteiger partial charge in [0.05, 0.1) is 12.0 Å². The zero-order valence-electron chi connectivity index (χ0n) is 29.6. The summed E-state index contributed by atoms with van der Waals surface area (Å²) < 4.78 is 62.2. The number of hydrogen-bond acceptors (Lipinski definition) is 10. The molecular weight excluding hydrogens is 681 g/mol. The van der Waals surface area contributed by atoms with Crippen molar-refractivity contribution < 1.29 is 45.3 Å². The summed E-state index contributed by atoms with van der Waals surface area (Å²) in [6.45, 7) is 11.9. The lowest BCUT2D eigenvalue weighted by molar-refractivity contribution is -0.158. The Morgan fingerprint density at radius 3 is 1.22 bits per heavy atom. The molecule has 4 rings (SSSR count). The molecule has 0 saturated carbocycles. The maximum atomic E-state index is 14.1. The number of hydrogen-bond donors (Lipinski definition) is 0. The van der Waals surface area contributed by atoms with Gasteiger partial charge in [-0.05, 0) is 144 Å². The van der Waals surface area contributed by atoms with Crippen LogP contribution in [0.2, 0.25) is 0 Å². The first-order chi connectivity index (χ1) is 23.4. The molecule has 0 aliphatic carbocycles. The fourth-order valence-corrected chi connectivity index (χ4v) is 9.83. The summed E-state index contributed by atoms with van der Waals surface area (Å²) in [4.78, 5) is 26.2. The molecular formula is C38H44O10S2. The number of benzene rings is 4. The highest BCUT2D eigenvalue weighted by molar-refractivity contribution is 8.33. The van der Waals surface area contributed by atoms with E-state index < -0.39 is 43.6 Å². The fourth-order valence-electron chi connectivity index (χ4n) is 4.65. The van der Waals surface area contributed by atoms with E-state index in [-0.39, 0.29) is 18.1 Å². The van der Waals surface area contributed by atoms with Crippen molar-refractivity contribution in [2.24, 2.45) is 0 Å². The lowest BCUT2D eigenvalue weighted by Crippen LogP contribution is -2.27. The average molecular weight is 725 g/mol. The molecule has 4 aromatic rings. The van der Waals surface area contributed by atoms with E-state index in [2.05, 4.69) is 0 Å². The highest BCUT2D eigenvalue weighted by Gasteiger charge is 2.38. The maximum absolute atomic E-state index is 14.1. The van der Waals surface area contributed by atoms with Crippen LogP contribution in [0.3, 0.4) is 0 Å². The third-order valence-corrected chi connectivity index (χ3v) is 11.9. The van der Waals surface area contributed by atoms with Gasteiger partial charge in [-0.2, -0.15) is 8.42 Å². The van der Waals surface area contributed by atoms with Crippen LogP contribution in [0.4, 0.5) is 0 Å². The predicted molar refractivity (Wildman–Crippen MR) is 190 cm³/mol. The molecule has 0 aliphatic heterocycles. The number of carbonyl (C=O) groups excluding carboxylic acids is 2. The van der Waals surface area contributed by atoms with Crippen LogP contribution in [0.25, 0.3) is 0 Å². The van der Waals surface area contributed by atoms with Crippen molar-refractivity contribution in [2.45, 2.75) is 79.3 Å². The molecule has 4 aromatic carbocycles. The van der Waals surface area contributed by atoms with Gasteiger partial charge < -0.3 is 23.7 Å². The van der Waals surface area contributed by atoms with E-state index in [0.29, 0.717) is 31.9 Å². The Labute approximate surface area is 296 Å². The molecule has 0 saturated heterocycles. The molecule has 0 bridgehead atoms. The van der Waals surface area contributed by atoms with Gasteiger partial charge >= 0.3 is 22.1 Å². The minimum atomic E-state index is -4.37. The minimum Gasteiger partial charge on any atom is -0.497 e. The van der Waals surface area contributed by atoms with Crippen molar-refractivity contribution in [3.05, 3.63) is 103 Å². The Kier molecular flexibility index (Phi) is 11.9. The van der Waals surface area contributed by atoms with Crippen molar-refractivity contribution in [2.75, 3.05) is 20.3 Å². The van der Waals surface area contributed by atoms with E-state index >= 15 is 0 Å². The second kappa shape index (κ2) is 15.6. The van der Waals surface area contributed by atoms with E-state index in [1.54, 1.807) is 134 Å². The largest absolute Gasteiger partial charge is 0.497 e. The van der Waals surface area contributed by atoms with E-state index in [4.69, 9.17) is 27.3 Å². The van der Waals surface area contributed by atoms with Crippen LogP contribution in [0, 0.1) is 6.92 Å². The number of esters is 2. The molecule has 0 atom stereocenters. The van der Waals surface area contributed by atoms with Crippen LogP contribution in [-0.4, -0.2) is 51.9 Å². The highest BCUT2D eigenvalue weighted by atomic mass is 32.3. The molecule has 0 amide bonds. The second-order valence-corrected chi connectivity index (χ2v) is 17.7. The summed E-state index contributed by atoms with van der Waals surface area (Å²) in [6, 6.07) is 26.8. The van der Waals surface area contributed by atoms with Crippen molar-refractivity contribution >= 4 is 32.4 Å². The minimum absolute atomic E-state index is 0.0110. The van der Waals surface area contributed by atoms with Crippen LogP contribution in [0.15, 0.2) is 117 Å². The maximum Gasteiger partial charge on any atom is 0.344 e. The monoisotopic (exact) mass is 724 g/mol. The van der Waals surface area contributed by atoms with Gasteiger partial charge in [-0.3, -0.25) is 0 Å². The zero-order valence-corrected chi connectivity index (χ0v) is 31.2. The molecule has 0 aromatic heterocycles. The van der Waals surface area contributed by atoms with Gasteiger partial charge in [-0.15, -0.1) is 0 Å². The molecule has 0 aliphatic rings. The first-order valence-corrected chi connectivity index (χ1v) is 18.8. The molecule has 0 N–H and O–H groups in total. The number of carbonyl (C=O) groups is 2. The molecule has 0 spiro atoms. The SMILES string of the molecule is COc1ccc(S(OS(=O)(=O)c2ccc(C)cc2)(c2ccc(OCC(=O)OC(C)(C)C)cc2)c2ccc(OCC(=O)OC(C)(C)C)cc2)cc1. The topological polar surface area (TPSA) is 124 Å². The second-order valence-electron chi connectivity index (χ2n) is 13.3. The van der Waals surface area contributed by atoms with E-state index in [0.717, 1.165) is 5.56 Å². The third kappa shape index (κ3) is 10.3. The Bertz CT molecular complexity index is 1780. The molecule has 0 heterocycles. The zero-order chi connectivity index (χ0) is 36.7. The van der Waals surface area contributed by atoms with Crippen LogP contribution in [-0.2, 0) is 32.8 Å². The predicted octanol–water partition coefficient (Wildman–Crippen LogP) is 8.05.